The molecule has 4 nitrogen and oxygen atoms in total. The number of carbonyl (C=O) groups excluding carboxylic acids is 1. The third-order valence-electron chi connectivity index (χ3n) is 6.79. The Morgan fingerprint density at radius 2 is 1.96 bits per heavy atom. The molecule has 3 aliphatic rings. The maximum absolute atomic E-state index is 13.9. The van der Waals surface area contributed by atoms with Gasteiger partial charge in [-0.1, -0.05) is 25.1 Å². The van der Waals surface area contributed by atoms with Crippen LogP contribution in [-0.4, -0.2) is 54.6 Å². The summed E-state index contributed by atoms with van der Waals surface area (Å²) in [5, 5.41) is 0. The molecule has 0 bridgehead atoms. The zero-order valence-electron chi connectivity index (χ0n) is 17.0. The number of amides is 1. The fourth-order valence-electron chi connectivity index (χ4n) is 4.56. The summed E-state index contributed by atoms with van der Waals surface area (Å²) in [5.41, 5.74) is 0.655. The predicted octanol–water partition coefficient (Wildman–Crippen LogP) is 3.85. The van der Waals surface area contributed by atoms with Gasteiger partial charge in [0.15, 0.2) is 0 Å². The third kappa shape index (κ3) is 4.74. The monoisotopic (exact) mass is 388 g/mol. The fraction of sp³-hybridized carbons (Fsp3) is 0.696. The number of ether oxygens (including phenoxy) is 1. The highest BCUT2D eigenvalue weighted by atomic mass is 19.1. The number of hydrogen-bond acceptors (Lipinski definition) is 3. The number of halogens is 1. The molecule has 1 aromatic rings. The standard InChI is InChI=1S/C23H33FN2O2/c1-23(10-11-23)22(27)26(17-20-6-4-14-28-20)15-18-8-12-25(13-9-18)16-19-5-2-3-7-21(19)24/h2-3,5,7,18,20H,4,6,8-17H2,1H3/t20-/m1/s1. The van der Waals surface area contributed by atoms with E-state index in [2.05, 4.69) is 16.7 Å². The van der Waals surface area contributed by atoms with E-state index in [1.54, 1.807) is 6.07 Å². The first-order chi connectivity index (χ1) is 13.5. The maximum Gasteiger partial charge on any atom is 0.228 e. The number of benzene rings is 1. The van der Waals surface area contributed by atoms with E-state index >= 15 is 0 Å². The second-order valence-electron chi connectivity index (χ2n) is 9.22. The van der Waals surface area contributed by atoms with Crippen molar-refractivity contribution in [1.82, 2.24) is 9.80 Å². The summed E-state index contributed by atoms with van der Waals surface area (Å²) in [6.07, 6.45) is 6.58. The van der Waals surface area contributed by atoms with Crippen LogP contribution in [0.15, 0.2) is 24.3 Å². The second-order valence-corrected chi connectivity index (χ2v) is 9.22. The molecule has 1 amide bonds. The first kappa shape index (κ1) is 19.8. The first-order valence-corrected chi connectivity index (χ1v) is 10.9. The minimum Gasteiger partial charge on any atom is -0.376 e. The normalized spacial score (nSPS) is 25.0. The van der Waals surface area contributed by atoms with Gasteiger partial charge in [-0.15, -0.1) is 0 Å². The molecule has 28 heavy (non-hydrogen) atoms. The van der Waals surface area contributed by atoms with Crippen LogP contribution in [0.1, 0.15) is 51.0 Å². The van der Waals surface area contributed by atoms with Gasteiger partial charge >= 0.3 is 0 Å². The molecule has 0 aromatic heterocycles. The summed E-state index contributed by atoms with van der Waals surface area (Å²) in [7, 11) is 0. The van der Waals surface area contributed by atoms with Gasteiger partial charge in [0.2, 0.25) is 5.91 Å². The lowest BCUT2D eigenvalue weighted by molar-refractivity contribution is -0.139. The van der Waals surface area contributed by atoms with Crippen LogP contribution in [0, 0.1) is 17.2 Å². The molecule has 0 spiro atoms. The van der Waals surface area contributed by atoms with Crippen LogP contribution in [0.5, 0.6) is 0 Å². The Balaban J connectivity index is 1.30. The summed E-state index contributed by atoms with van der Waals surface area (Å²) in [4.78, 5) is 17.5. The molecule has 1 atom stereocenters. The lowest BCUT2D eigenvalue weighted by Gasteiger charge is -2.36. The van der Waals surface area contributed by atoms with Crippen molar-refractivity contribution in [3.63, 3.8) is 0 Å². The lowest BCUT2D eigenvalue weighted by atomic mass is 9.94. The van der Waals surface area contributed by atoms with Crippen LogP contribution in [0.4, 0.5) is 4.39 Å². The number of likely N-dealkylation sites (tertiary alicyclic amines) is 1. The molecule has 0 N–H and O–H groups in total. The minimum absolute atomic E-state index is 0.115. The van der Waals surface area contributed by atoms with Gasteiger partial charge in [0.05, 0.1) is 6.10 Å². The molecular formula is C23H33FN2O2. The zero-order chi connectivity index (χ0) is 19.6. The van der Waals surface area contributed by atoms with Crippen LogP contribution < -0.4 is 0 Å². The van der Waals surface area contributed by atoms with Crippen molar-refractivity contribution < 1.29 is 13.9 Å². The van der Waals surface area contributed by atoms with Gasteiger partial charge in [-0.05, 0) is 63.6 Å². The van der Waals surface area contributed by atoms with E-state index in [9.17, 15) is 9.18 Å². The third-order valence-corrected chi connectivity index (χ3v) is 6.79. The summed E-state index contributed by atoms with van der Waals surface area (Å²) in [6, 6.07) is 7.05. The van der Waals surface area contributed by atoms with Crippen molar-refractivity contribution in [1.29, 1.82) is 0 Å². The Kier molecular flexibility index (Phi) is 6.02. The highest BCUT2D eigenvalue weighted by Crippen LogP contribution is 2.46. The zero-order valence-corrected chi connectivity index (χ0v) is 17.0. The van der Waals surface area contributed by atoms with E-state index in [-0.39, 0.29) is 17.3 Å². The smallest absolute Gasteiger partial charge is 0.228 e. The van der Waals surface area contributed by atoms with E-state index in [1.165, 1.54) is 6.07 Å². The summed E-state index contributed by atoms with van der Waals surface area (Å²) >= 11 is 0. The Morgan fingerprint density at radius 1 is 1.21 bits per heavy atom. The van der Waals surface area contributed by atoms with E-state index in [0.29, 0.717) is 18.4 Å². The van der Waals surface area contributed by atoms with Gasteiger partial charge in [-0.3, -0.25) is 9.69 Å². The maximum atomic E-state index is 13.9. The van der Waals surface area contributed by atoms with Crippen molar-refractivity contribution in [2.24, 2.45) is 11.3 Å². The molecule has 2 saturated heterocycles. The molecule has 5 heteroatoms. The van der Waals surface area contributed by atoms with Crippen LogP contribution in [0.25, 0.3) is 0 Å². The number of hydrogen-bond donors (Lipinski definition) is 0. The molecule has 2 aliphatic heterocycles. The highest BCUT2D eigenvalue weighted by molar-refractivity contribution is 5.85. The Hall–Kier alpha value is -1.46. The van der Waals surface area contributed by atoms with Gasteiger partial charge < -0.3 is 9.64 Å². The van der Waals surface area contributed by atoms with E-state index in [4.69, 9.17) is 4.74 Å². The molecule has 0 radical (unpaired) electrons. The van der Waals surface area contributed by atoms with Crippen molar-refractivity contribution >= 4 is 5.91 Å². The van der Waals surface area contributed by atoms with Crippen LogP contribution in [-0.2, 0) is 16.1 Å². The topological polar surface area (TPSA) is 32.8 Å². The van der Waals surface area contributed by atoms with E-state index in [1.807, 2.05) is 12.1 Å². The largest absolute Gasteiger partial charge is 0.376 e. The summed E-state index contributed by atoms with van der Waals surface area (Å²) < 4.78 is 19.7. The molecule has 4 rings (SSSR count). The Labute approximate surface area is 168 Å². The second kappa shape index (κ2) is 8.50. The van der Waals surface area contributed by atoms with Crippen molar-refractivity contribution in [2.75, 3.05) is 32.8 Å². The predicted molar refractivity (Wildman–Crippen MR) is 107 cm³/mol. The number of carbonyl (C=O) groups is 1. The molecule has 2 heterocycles. The van der Waals surface area contributed by atoms with Crippen molar-refractivity contribution in [3.8, 4) is 0 Å². The van der Waals surface area contributed by atoms with Gasteiger partial charge in [-0.2, -0.15) is 0 Å². The SMILES string of the molecule is CC1(C(=O)N(CC2CCN(Cc3ccccc3F)CC2)C[C@H]2CCCO2)CC1. The Bertz CT molecular complexity index is 677. The van der Waals surface area contributed by atoms with Crippen LogP contribution in [0.3, 0.4) is 0 Å². The minimum atomic E-state index is -0.121. The van der Waals surface area contributed by atoms with Gasteiger partial charge in [0, 0.05) is 37.2 Å². The van der Waals surface area contributed by atoms with Crippen molar-refractivity contribution in [2.45, 2.75) is 58.1 Å². The number of nitrogens with zero attached hydrogens (tertiary/aromatic N) is 2. The molecule has 0 unspecified atom stereocenters. The number of rotatable bonds is 7. The lowest BCUT2D eigenvalue weighted by Crippen LogP contribution is -2.45. The number of piperidine rings is 1. The molecule has 3 fully saturated rings. The average Bonchev–Trinajstić information content (AvgIpc) is 3.24. The average molecular weight is 389 g/mol. The van der Waals surface area contributed by atoms with Gasteiger partial charge in [0.1, 0.15) is 5.82 Å². The van der Waals surface area contributed by atoms with Crippen LogP contribution in [0.2, 0.25) is 0 Å². The Morgan fingerprint density at radius 3 is 2.61 bits per heavy atom. The van der Waals surface area contributed by atoms with Gasteiger partial charge in [0.25, 0.3) is 0 Å². The van der Waals surface area contributed by atoms with E-state index < -0.39 is 0 Å². The first-order valence-electron chi connectivity index (χ1n) is 10.9. The molecule has 1 aromatic carbocycles. The molecule has 1 aliphatic carbocycles. The van der Waals surface area contributed by atoms with Gasteiger partial charge in [-0.25, -0.2) is 4.39 Å². The quantitative estimate of drug-likeness (QED) is 0.711. The molecular weight excluding hydrogens is 355 g/mol. The summed E-state index contributed by atoms with van der Waals surface area (Å²) in [6.45, 7) is 7.16. The van der Waals surface area contributed by atoms with E-state index in [0.717, 1.165) is 76.9 Å². The molecule has 1 saturated carbocycles. The summed E-state index contributed by atoms with van der Waals surface area (Å²) in [5.74, 6) is 0.747. The highest BCUT2D eigenvalue weighted by Gasteiger charge is 2.47. The van der Waals surface area contributed by atoms with Crippen LogP contribution >= 0.6 is 0 Å². The molecule has 154 valence electrons. The van der Waals surface area contributed by atoms with Crippen molar-refractivity contribution in [3.05, 3.63) is 35.6 Å². The fourth-order valence-corrected chi connectivity index (χ4v) is 4.56.